The van der Waals surface area contributed by atoms with E-state index < -0.39 is 0 Å². The van der Waals surface area contributed by atoms with Crippen molar-refractivity contribution in [1.82, 2.24) is 20.0 Å². The number of hydrogen-bond donors (Lipinski definition) is 2. The molecule has 1 aromatic heterocycles. The van der Waals surface area contributed by atoms with Crippen molar-refractivity contribution < 1.29 is 9.90 Å². The largest absolute Gasteiger partial charge is 0.504 e. The van der Waals surface area contributed by atoms with Crippen LogP contribution in [0.4, 0.5) is 0 Å². The maximum Gasteiger partial charge on any atom is 0.278 e. The lowest BCUT2D eigenvalue weighted by atomic mass is 10.2. The second-order valence-corrected chi connectivity index (χ2v) is 5.19. The molecular weight excluding hydrogens is 268 g/mol. The Labute approximate surface area is 123 Å². The Bertz CT molecular complexity index is 638. The van der Waals surface area contributed by atoms with Gasteiger partial charge in [0.1, 0.15) is 0 Å². The lowest BCUT2D eigenvalue weighted by Gasteiger charge is -2.33. The van der Waals surface area contributed by atoms with Gasteiger partial charge in [0.25, 0.3) is 5.91 Å². The molecule has 6 heteroatoms. The van der Waals surface area contributed by atoms with Gasteiger partial charge in [0, 0.05) is 25.7 Å². The summed E-state index contributed by atoms with van der Waals surface area (Å²) >= 11 is 0. The van der Waals surface area contributed by atoms with Crippen molar-refractivity contribution in [3.8, 4) is 11.4 Å². The van der Waals surface area contributed by atoms with Crippen molar-refractivity contribution in [1.29, 1.82) is 0 Å². The van der Waals surface area contributed by atoms with Crippen LogP contribution in [0.1, 0.15) is 17.4 Å². The highest BCUT2D eigenvalue weighted by atomic mass is 16.3. The Balaban J connectivity index is 1.89. The van der Waals surface area contributed by atoms with Gasteiger partial charge in [-0.2, -0.15) is 5.10 Å². The van der Waals surface area contributed by atoms with E-state index in [-0.39, 0.29) is 23.4 Å². The highest BCUT2D eigenvalue weighted by Gasteiger charge is 2.28. The molecule has 1 amide bonds. The highest BCUT2D eigenvalue weighted by molar-refractivity contribution is 5.95. The minimum atomic E-state index is -0.226. The first-order valence-corrected chi connectivity index (χ1v) is 7.02. The third-order valence-electron chi connectivity index (χ3n) is 3.68. The zero-order valence-corrected chi connectivity index (χ0v) is 11.9. The van der Waals surface area contributed by atoms with Gasteiger partial charge in [0.05, 0.1) is 11.9 Å². The number of nitrogens with one attached hydrogen (secondary N) is 1. The van der Waals surface area contributed by atoms with Crippen LogP contribution in [0.25, 0.3) is 5.69 Å². The van der Waals surface area contributed by atoms with Gasteiger partial charge in [-0.3, -0.25) is 4.79 Å². The number of aromatic nitrogens is 2. The maximum absolute atomic E-state index is 12.5. The normalized spacial score (nSPS) is 18.7. The number of aromatic hydroxyl groups is 1. The highest BCUT2D eigenvalue weighted by Crippen LogP contribution is 2.21. The quantitative estimate of drug-likeness (QED) is 0.864. The van der Waals surface area contributed by atoms with E-state index in [0.29, 0.717) is 6.54 Å². The summed E-state index contributed by atoms with van der Waals surface area (Å²) in [6.45, 7) is 4.12. The van der Waals surface area contributed by atoms with E-state index in [9.17, 15) is 9.90 Å². The molecule has 110 valence electrons. The Hall–Kier alpha value is -2.34. The Kier molecular flexibility index (Phi) is 3.62. The molecule has 0 aliphatic carbocycles. The first-order chi connectivity index (χ1) is 10.2. The fourth-order valence-corrected chi connectivity index (χ4v) is 2.51. The van der Waals surface area contributed by atoms with Gasteiger partial charge in [-0.25, -0.2) is 4.68 Å². The molecule has 0 radical (unpaired) electrons. The molecule has 3 rings (SSSR count). The molecule has 21 heavy (non-hydrogen) atoms. The molecule has 0 spiro atoms. The van der Waals surface area contributed by atoms with Gasteiger partial charge < -0.3 is 15.3 Å². The Morgan fingerprint density at radius 1 is 1.38 bits per heavy atom. The first-order valence-electron chi connectivity index (χ1n) is 7.02. The molecule has 0 bridgehead atoms. The van der Waals surface area contributed by atoms with E-state index in [4.69, 9.17) is 0 Å². The number of carbonyl (C=O) groups excluding carboxylic acids is 1. The number of para-hydroxylation sites is 1. The van der Waals surface area contributed by atoms with Crippen molar-refractivity contribution in [3.05, 3.63) is 42.2 Å². The summed E-state index contributed by atoms with van der Waals surface area (Å²) < 4.78 is 1.52. The molecule has 6 nitrogen and oxygen atoms in total. The number of nitrogens with zero attached hydrogens (tertiary/aromatic N) is 3. The van der Waals surface area contributed by atoms with Crippen LogP contribution < -0.4 is 5.32 Å². The number of hydrogen-bond acceptors (Lipinski definition) is 4. The maximum atomic E-state index is 12.5. The van der Waals surface area contributed by atoms with E-state index in [1.54, 1.807) is 4.90 Å². The van der Waals surface area contributed by atoms with Gasteiger partial charge in [0.15, 0.2) is 11.4 Å². The van der Waals surface area contributed by atoms with E-state index >= 15 is 0 Å². The first kappa shape index (κ1) is 13.6. The monoisotopic (exact) mass is 286 g/mol. The molecule has 0 unspecified atom stereocenters. The molecule has 2 N–H and O–H groups in total. The fourth-order valence-electron chi connectivity index (χ4n) is 2.51. The van der Waals surface area contributed by atoms with Gasteiger partial charge >= 0.3 is 0 Å². The number of carbonyl (C=O) groups is 1. The van der Waals surface area contributed by atoms with E-state index in [0.717, 1.165) is 18.8 Å². The Morgan fingerprint density at radius 3 is 2.86 bits per heavy atom. The van der Waals surface area contributed by atoms with E-state index in [1.807, 2.05) is 37.3 Å². The minimum absolute atomic E-state index is 0.0883. The number of benzene rings is 1. The van der Waals surface area contributed by atoms with Crippen LogP contribution in [0.3, 0.4) is 0 Å². The zero-order valence-electron chi connectivity index (χ0n) is 11.9. The van der Waals surface area contributed by atoms with Crippen molar-refractivity contribution in [2.75, 3.05) is 19.6 Å². The second kappa shape index (κ2) is 5.57. The number of amides is 1. The predicted molar refractivity (Wildman–Crippen MR) is 78.6 cm³/mol. The van der Waals surface area contributed by atoms with Gasteiger partial charge in [-0.05, 0) is 19.1 Å². The molecule has 2 heterocycles. The van der Waals surface area contributed by atoms with Crippen molar-refractivity contribution in [2.24, 2.45) is 0 Å². The summed E-state index contributed by atoms with van der Waals surface area (Å²) in [5, 5.41) is 17.5. The third-order valence-corrected chi connectivity index (χ3v) is 3.68. The molecule has 1 aliphatic rings. The summed E-state index contributed by atoms with van der Waals surface area (Å²) in [5.74, 6) is -0.314. The molecule has 1 fully saturated rings. The molecule has 2 aromatic rings. The second-order valence-electron chi connectivity index (χ2n) is 5.19. The molecule has 1 atom stereocenters. The average molecular weight is 286 g/mol. The van der Waals surface area contributed by atoms with Gasteiger partial charge in [-0.15, -0.1) is 0 Å². The number of piperazine rings is 1. The molecule has 1 aromatic carbocycles. The lowest BCUT2D eigenvalue weighted by Crippen LogP contribution is -2.52. The molecule has 1 aliphatic heterocycles. The van der Waals surface area contributed by atoms with Crippen LogP contribution in [-0.4, -0.2) is 51.4 Å². The molecule has 1 saturated heterocycles. The minimum Gasteiger partial charge on any atom is -0.504 e. The summed E-state index contributed by atoms with van der Waals surface area (Å²) in [5.41, 5.74) is 0.910. The predicted octanol–water partition coefficient (Wildman–Crippen LogP) is 1.01. The lowest BCUT2D eigenvalue weighted by molar-refractivity contribution is 0.0646. The van der Waals surface area contributed by atoms with Crippen LogP contribution in [0, 0.1) is 0 Å². The zero-order chi connectivity index (χ0) is 14.8. The topological polar surface area (TPSA) is 70.4 Å². The van der Waals surface area contributed by atoms with Crippen molar-refractivity contribution >= 4 is 5.91 Å². The van der Waals surface area contributed by atoms with Crippen LogP contribution >= 0.6 is 0 Å². The summed E-state index contributed by atoms with van der Waals surface area (Å²) in [6.07, 6.45) is 1.47. The third kappa shape index (κ3) is 2.62. The van der Waals surface area contributed by atoms with E-state index in [2.05, 4.69) is 10.4 Å². The SMILES string of the molecule is C[C@H]1CNCCN1C(=O)c1nn(-c2ccccc2)cc1O. The van der Waals surface area contributed by atoms with E-state index in [1.165, 1.54) is 10.9 Å². The van der Waals surface area contributed by atoms with Crippen molar-refractivity contribution in [2.45, 2.75) is 13.0 Å². The number of rotatable bonds is 2. The Morgan fingerprint density at radius 2 is 2.14 bits per heavy atom. The standard InChI is InChI=1S/C15H18N4O2/c1-11-9-16-7-8-18(11)15(21)14-13(20)10-19(17-14)12-5-3-2-4-6-12/h2-6,10-11,16,20H,7-9H2,1H3/t11-/m0/s1. The van der Waals surface area contributed by atoms with Crippen LogP contribution in [0.2, 0.25) is 0 Å². The fraction of sp³-hybridized carbons (Fsp3) is 0.333. The molecule has 0 saturated carbocycles. The smallest absolute Gasteiger partial charge is 0.278 e. The van der Waals surface area contributed by atoms with Crippen LogP contribution in [0.5, 0.6) is 5.75 Å². The van der Waals surface area contributed by atoms with Crippen LogP contribution in [0.15, 0.2) is 36.5 Å². The summed E-state index contributed by atoms with van der Waals surface area (Å²) in [6, 6.07) is 9.50. The van der Waals surface area contributed by atoms with Gasteiger partial charge in [0.2, 0.25) is 0 Å². The molecular formula is C15H18N4O2. The van der Waals surface area contributed by atoms with Crippen molar-refractivity contribution in [3.63, 3.8) is 0 Å². The summed E-state index contributed by atoms with van der Waals surface area (Å²) in [4.78, 5) is 14.3. The average Bonchev–Trinajstić information content (AvgIpc) is 2.90. The summed E-state index contributed by atoms with van der Waals surface area (Å²) in [7, 11) is 0. The van der Waals surface area contributed by atoms with Gasteiger partial charge in [-0.1, -0.05) is 18.2 Å². The van der Waals surface area contributed by atoms with Crippen LogP contribution in [-0.2, 0) is 0 Å².